The van der Waals surface area contributed by atoms with Crippen molar-refractivity contribution in [1.29, 1.82) is 0 Å². The van der Waals surface area contributed by atoms with Gasteiger partial charge in [0.25, 0.3) is 0 Å². The highest BCUT2D eigenvalue weighted by atomic mass is 16.7. The lowest BCUT2D eigenvalue weighted by Crippen LogP contribution is -2.00. The topological polar surface area (TPSA) is 68.1 Å². The van der Waals surface area contributed by atoms with Crippen molar-refractivity contribution in [2.75, 3.05) is 7.11 Å². The molecule has 0 aliphatic rings. The molecule has 0 aliphatic heterocycles. The number of benzene rings is 2. The lowest BCUT2D eigenvalue weighted by Gasteiger charge is -2.02. The van der Waals surface area contributed by atoms with Crippen LogP contribution in [0.25, 0.3) is 0 Å². The van der Waals surface area contributed by atoms with E-state index in [0.717, 1.165) is 0 Å². The number of aromatic hydroxyl groups is 1. The number of carbonyl (C=O) groups excluding carboxylic acids is 1. The maximum absolute atomic E-state index is 11.6. The summed E-state index contributed by atoms with van der Waals surface area (Å²) in [4.78, 5) is 16.4. The molecule has 0 spiro atoms. The third kappa shape index (κ3) is 3.35. The van der Waals surface area contributed by atoms with E-state index in [0.29, 0.717) is 16.9 Å². The fraction of sp³-hybridized carbons (Fsp3) is 0.0667. The van der Waals surface area contributed by atoms with E-state index in [9.17, 15) is 9.90 Å². The van der Waals surface area contributed by atoms with Gasteiger partial charge in [0.15, 0.2) is 0 Å². The molecule has 0 fully saturated rings. The quantitative estimate of drug-likeness (QED) is 0.527. The molecule has 2 aromatic carbocycles. The van der Waals surface area contributed by atoms with Crippen LogP contribution in [0.3, 0.4) is 0 Å². The highest BCUT2D eigenvalue weighted by Crippen LogP contribution is 2.21. The number of rotatable bonds is 4. The van der Waals surface area contributed by atoms with Gasteiger partial charge in [0.2, 0.25) is 0 Å². The molecule has 0 atom stereocenters. The number of methoxy groups -OCH3 is 1. The zero-order chi connectivity index (χ0) is 14.4. The van der Waals surface area contributed by atoms with Gasteiger partial charge >= 0.3 is 5.97 Å². The maximum atomic E-state index is 11.6. The van der Waals surface area contributed by atoms with Crippen molar-refractivity contribution < 1.29 is 19.5 Å². The number of carbonyl (C=O) groups is 1. The van der Waals surface area contributed by atoms with Gasteiger partial charge in [0, 0.05) is 5.56 Å². The first-order valence-electron chi connectivity index (χ1n) is 5.87. The van der Waals surface area contributed by atoms with E-state index < -0.39 is 5.97 Å². The summed E-state index contributed by atoms with van der Waals surface area (Å²) in [5.74, 6) is 0.0215. The van der Waals surface area contributed by atoms with Gasteiger partial charge in [0.05, 0.1) is 18.9 Å². The number of phenolic OH excluding ortho intramolecular Hbond substituents is 1. The van der Waals surface area contributed by atoms with Crippen LogP contribution in [-0.4, -0.2) is 24.4 Å². The molecule has 0 unspecified atom stereocenters. The minimum absolute atomic E-state index is 0.0188. The fourth-order valence-electron chi connectivity index (χ4n) is 1.52. The average molecular weight is 271 g/mol. The van der Waals surface area contributed by atoms with E-state index in [1.165, 1.54) is 19.4 Å². The van der Waals surface area contributed by atoms with Crippen molar-refractivity contribution in [3.05, 3.63) is 59.7 Å². The summed E-state index contributed by atoms with van der Waals surface area (Å²) < 4.78 is 5.03. The fourth-order valence-corrected chi connectivity index (χ4v) is 1.52. The molecule has 5 nitrogen and oxygen atoms in total. The van der Waals surface area contributed by atoms with Gasteiger partial charge in [0.1, 0.15) is 11.5 Å². The Morgan fingerprint density at radius 3 is 2.65 bits per heavy atom. The smallest absolute Gasteiger partial charge is 0.365 e. The second-order valence-electron chi connectivity index (χ2n) is 3.90. The molecule has 2 rings (SSSR count). The summed E-state index contributed by atoms with van der Waals surface area (Å²) in [7, 11) is 1.52. The van der Waals surface area contributed by atoms with Crippen LogP contribution in [0.15, 0.2) is 53.7 Å². The zero-order valence-corrected chi connectivity index (χ0v) is 10.8. The first-order valence-corrected chi connectivity index (χ1v) is 5.87. The van der Waals surface area contributed by atoms with Crippen molar-refractivity contribution in [2.24, 2.45) is 5.16 Å². The van der Waals surface area contributed by atoms with Gasteiger partial charge in [-0.05, 0) is 30.3 Å². The number of hydrogen-bond acceptors (Lipinski definition) is 5. The largest absolute Gasteiger partial charge is 0.507 e. The normalized spacial score (nSPS) is 10.4. The molecule has 0 aliphatic carbocycles. The van der Waals surface area contributed by atoms with E-state index >= 15 is 0 Å². The van der Waals surface area contributed by atoms with Crippen LogP contribution in [0.2, 0.25) is 0 Å². The Morgan fingerprint density at radius 1 is 1.20 bits per heavy atom. The summed E-state index contributed by atoms with van der Waals surface area (Å²) in [5, 5.41) is 13.2. The van der Waals surface area contributed by atoms with Crippen LogP contribution >= 0.6 is 0 Å². The summed E-state index contributed by atoms with van der Waals surface area (Å²) in [6.07, 6.45) is 1.25. The van der Waals surface area contributed by atoms with Crippen LogP contribution < -0.4 is 4.74 Å². The van der Waals surface area contributed by atoms with E-state index in [4.69, 9.17) is 9.57 Å². The Labute approximate surface area is 116 Å². The number of hydrogen-bond donors (Lipinski definition) is 1. The molecule has 20 heavy (non-hydrogen) atoms. The second-order valence-corrected chi connectivity index (χ2v) is 3.90. The Balaban J connectivity index is 2.05. The van der Waals surface area contributed by atoms with E-state index in [-0.39, 0.29) is 5.75 Å². The Morgan fingerprint density at radius 2 is 1.95 bits per heavy atom. The van der Waals surface area contributed by atoms with Crippen LogP contribution in [0.5, 0.6) is 11.5 Å². The Kier molecular flexibility index (Phi) is 4.34. The minimum Gasteiger partial charge on any atom is -0.507 e. The predicted molar refractivity (Wildman–Crippen MR) is 74.1 cm³/mol. The molecule has 0 bridgehead atoms. The monoisotopic (exact) mass is 271 g/mol. The van der Waals surface area contributed by atoms with Crippen LogP contribution in [0, 0.1) is 0 Å². The molecule has 0 saturated heterocycles. The standard InChI is InChI=1S/C15H13NO4/c1-19-13-7-8-14(17)12(9-13)10-16-20-15(18)11-5-3-2-4-6-11/h2-10,17H,1H3. The Bertz CT molecular complexity index is 623. The molecule has 0 aromatic heterocycles. The summed E-state index contributed by atoms with van der Waals surface area (Å²) in [6.45, 7) is 0. The highest BCUT2D eigenvalue weighted by Gasteiger charge is 2.05. The number of ether oxygens (including phenoxy) is 1. The third-order valence-corrected chi connectivity index (χ3v) is 2.57. The van der Waals surface area contributed by atoms with Crippen molar-refractivity contribution in [3.8, 4) is 11.5 Å². The molecular weight excluding hydrogens is 258 g/mol. The SMILES string of the molecule is COc1ccc(O)c(C=NOC(=O)c2ccccc2)c1. The molecule has 102 valence electrons. The van der Waals surface area contributed by atoms with Crippen molar-refractivity contribution in [1.82, 2.24) is 0 Å². The van der Waals surface area contributed by atoms with E-state index in [1.54, 1.807) is 42.5 Å². The predicted octanol–water partition coefficient (Wildman–Crippen LogP) is 2.59. The molecule has 2 aromatic rings. The van der Waals surface area contributed by atoms with Gasteiger partial charge in [-0.3, -0.25) is 0 Å². The van der Waals surface area contributed by atoms with Gasteiger partial charge in [-0.1, -0.05) is 23.4 Å². The van der Waals surface area contributed by atoms with E-state index in [2.05, 4.69) is 5.16 Å². The van der Waals surface area contributed by atoms with E-state index in [1.807, 2.05) is 0 Å². The van der Waals surface area contributed by atoms with Crippen LogP contribution in [0.1, 0.15) is 15.9 Å². The maximum Gasteiger partial charge on any atom is 0.365 e. The summed E-state index contributed by atoms with van der Waals surface area (Å²) in [5.41, 5.74) is 0.796. The van der Waals surface area contributed by atoms with Gasteiger partial charge < -0.3 is 14.7 Å². The first kappa shape index (κ1) is 13.6. The van der Waals surface area contributed by atoms with Gasteiger partial charge in [-0.15, -0.1) is 0 Å². The van der Waals surface area contributed by atoms with Crippen molar-refractivity contribution >= 4 is 12.2 Å². The lowest BCUT2D eigenvalue weighted by molar-refractivity contribution is 0.0519. The van der Waals surface area contributed by atoms with Crippen molar-refractivity contribution in [2.45, 2.75) is 0 Å². The highest BCUT2D eigenvalue weighted by molar-refractivity contribution is 5.90. The second kappa shape index (κ2) is 6.38. The number of oxime groups is 1. The summed E-state index contributed by atoms with van der Waals surface area (Å²) >= 11 is 0. The molecule has 5 heteroatoms. The average Bonchev–Trinajstić information content (AvgIpc) is 2.50. The first-order chi connectivity index (χ1) is 9.70. The van der Waals surface area contributed by atoms with Gasteiger partial charge in [-0.25, -0.2) is 4.79 Å². The van der Waals surface area contributed by atoms with Crippen molar-refractivity contribution in [3.63, 3.8) is 0 Å². The molecule has 0 amide bonds. The Hall–Kier alpha value is -2.82. The van der Waals surface area contributed by atoms with Gasteiger partial charge in [-0.2, -0.15) is 0 Å². The van der Waals surface area contributed by atoms with Crippen LogP contribution in [0.4, 0.5) is 0 Å². The molecule has 0 saturated carbocycles. The lowest BCUT2D eigenvalue weighted by atomic mass is 10.2. The molecule has 0 heterocycles. The summed E-state index contributed by atoms with van der Waals surface area (Å²) in [6, 6.07) is 13.2. The molecule has 1 N–H and O–H groups in total. The van der Waals surface area contributed by atoms with Crippen LogP contribution in [-0.2, 0) is 4.84 Å². The minimum atomic E-state index is -0.566. The number of nitrogens with zero attached hydrogens (tertiary/aromatic N) is 1. The third-order valence-electron chi connectivity index (χ3n) is 2.57. The zero-order valence-electron chi connectivity index (χ0n) is 10.8. The molecule has 0 radical (unpaired) electrons. The number of phenols is 1. The molecular formula is C15H13NO4.